The van der Waals surface area contributed by atoms with E-state index in [-0.39, 0.29) is 0 Å². The second kappa shape index (κ2) is 8.79. The van der Waals surface area contributed by atoms with Crippen molar-refractivity contribution in [1.82, 2.24) is 5.32 Å². The van der Waals surface area contributed by atoms with Gasteiger partial charge < -0.3 is 10.1 Å². The molecule has 1 aromatic rings. The minimum Gasteiger partial charge on any atom is -0.493 e. The maximum absolute atomic E-state index is 5.56. The fraction of sp³-hybridized carbons (Fsp3) is 0.667. The predicted molar refractivity (Wildman–Crippen MR) is 95.2 cm³/mol. The van der Waals surface area contributed by atoms with Gasteiger partial charge in [-0.05, 0) is 71.8 Å². The van der Waals surface area contributed by atoms with Gasteiger partial charge in [-0.15, -0.1) is 0 Å². The molecule has 0 heterocycles. The molecule has 0 amide bonds. The Labute approximate surface area is 138 Å². The van der Waals surface area contributed by atoms with Crippen molar-refractivity contribution in [3.05, 3.63) is 28.2 Å². The Hall–Kier alpha value is -0.540. The van der Waals surface area contributed by atoms with E-state index < -0.39 is 0 Å². The number of hydrogen-bond donors (Lipinski definition) is 1. The van der Waals surface area contributed by atoms with Gasteiger partial charge in [-0.2, -0.15) is 0 Å². The average Bonchev–Trinajstić information content (AvgIpc) is 2.39. The normalized spacial score (nSPS) is 12.0. The van der Waals surface area contributed by atoms with E-state index in [2.05, 4.69) is 67.1 Å². The van der Waals surface area contributed by atoms with E-state index in [1.165, 1.54) is 18.4 Å². The summed E-state index contributed by atoms with van der Waals surface area (Å²) in [5, 5.41) is 3.51. The summed E-state index contributed by atoms with van der Waals surface area (Å²) in [6.45, 7) is 12.9. The second-order valence-electron chi connectivity index (χ2n) is 6.72. The Bertz CT molecular complexity index is 429. The minimum absolute atomic E-state index is 0.368. The van der Waals surface area contributed by atoms with Gasteiger partial charge in [-0.3, -0.25) is 0 Å². The molecular formula is C18H30BrNO. The molecule has 0 fully saturated rings. The highest BCUT2D eigenvalue weighted by atomic mass is 79.9. The minimum atomic E-state index is 0.368. The number of rotatable bonds is 9. The smallest absolute Gasteiger partial charge is 0.133 e. The molecule has 0 aliphatic rings. The van der Waals surface area contributed by atoms with E-state index in [1.54, 1.807) is 0 Å². The van der Waals surface area contributed by atoms with Gasteiger partial charge in [-0.25, -0.2) is 0 Å². The van der Waals surface area contributed by atoms with Gasteiger partial charge in [0.05, 0.1) is 11.1 Å². The van der Waals surface area contributed by atoms with E-state index >= 15 is 0 Å². The van der Waals surface area contributed by atoms with Crippen LogP contribution in [-0.2, 0) is 6.42 Å². The summed E-state index contributed by atoms with van der Waals surface area (Å²) in [4.78, 5) is 0. The van der Waals surface area contributed by atoms with Crippen LogP contribution < -0.4 is 10.1 Å². The molecular weight excluding hydrogens is 326 g/mol. The van der Waals surface area contributed by atoms with Crippen molar-refractivity contribution in [3.8, 4) is 5.75 Å². The number of ether oxygens (including phenoxy) is 1. The monoisotopic (exact) mass is 355 g/mol. The highest BCUT2D eigenvalue weighted by Gasteiger charge is 2.17. The van der Waals surface area contributed by atoms with E-state index in [1.807, 2.05) is 6.92 Å². The lowest BCUT2D eigenvalue weighted by Crippen LogP contribution is -2.28. The summed E-state index contributed by atoms with van der Waals surface area (Å²) < 4.78 is 6.61. The van der Waals surface area contributed by atoms with Crippen LogP contribution in [0.1, 0.15) is 53.0 Å². The van der Waals surface area contributed by atoms with Gasteiger partial charge in [0.15, 0.2) is 0 Å². The summed E-state index contributed by atoms with van der Waals surface area (Å²) in [5.74, 6) is 0.932. The third-order valence-electron chi connectivity index (χ3n) is 3.74. The molecule has 0 atom stereocenters. The molecule has 1 aromatic carbocycles. The van der Waals surface area contributed by atoms with Crippen molar-refractivity contribution in [2.24, 2.45) is 5.41 Å². The zero-order valence-electron chi connectivity index (χ0n) is 14.1. The Morgan fingerprint density at radius 1 is 1.24 bits per heavy atom. The fourth-order valence-electron chi connectivity index (χ4n) is 2.28. The van der Waals surface area contributed by atoms with Gasteiger partial charge >= 0.3 is 0 Å². The van der Waals surface area contributed by atoms with Crippen LogP contribution in [0, 0.1) is 5.41 Å². The van der Waals surface area contributed by atoms with Crippen molar-refractivity contribution < 1.29 is 4.74 Å². The van der Waals surface area contributed by atoms with Crippen molar-refractivity contribution in [2.45, 2.75) is 59.9 Å². The number of benzene rings is 1. The van der Waals surface area contributed by atoms with Crippen LogP contribution in [0.3, 0.4) is 0 Å². The van der Waals surface area contributed by atoms with Crippen LogP contribution in [-0.4, -0.2) is 19.2 Å². The van der Waals surface area contributed by atoms with Crippen LogP contribution in [0.2, 0.25) is 0 Å². The molecule has 2 nitrogen and oxygen atoms in total. The summed E-state index contributed by atoms with van der Waals surface area (Å²) in [5.41, 5.74) is 1.74. The van der Waals surface area contributed by atoms with Gasteiger partial charge in [0, 0.05) is 6.04 Å². The maximum Gasteiger partial charge on any atom is 0.133 e. The highest BCUT2D eigenvalue weighted by molar-refractivity contribution is 9.10. The van der Waals surface area contributed by atoms with E-state index in [4.69, 9.17) is 4.74 Å². The zero-order chi connectivity index (χ0) is 15.9. The summed E-state index contributed by atoms with van der Waals surface area (Å²) in [6, 6.07) is 7.00. The third kappa shape index (κ3) is 7.32. The summed E-state index contributed by atoms with van der Waals surface area (Å²) in [6.07, 6.45) is 3.52. The first-order valence-electron chi connectivity index (χ1n) is 7.98. The largest absolute Gasteiger partial charge is 0.493 e. The number of hydrogen-bond acceptors (Lipinski definition) is 2. The topological polar surface area (TPSA) is 21.3 Å². The average molecular weight is 356 g/mol. The molecule has 0 unspecified atom stereocenters. The second-order valence-corrected chi connectivity index (χ2v) is 7.58. The Balaban J connectivity index is 2.48. The Morgan fingerprint density at radius 2 is 1.95 bits per heavy atom. The standard InChI is InChI=1S/C18H30BrNO/c1-6-21-17-8-7-15(13-16(17)19)9-10-18(4,5)11-12-20-14(2)3/h7-8,13-14,20H,6,9-12H2,1-5H3. The first-order chi connectivity index (χ1) is 9.84. The van der Waals surface area contributed by atoms with Gasteiger partial charge in [0.2, 0.25) is 0 Å². The molecule has 1 N–H and O–H groups in total. The van der Waals surface area contributed by atoms with Crippen molar-refractivity contribution >= 4 is 15.9 Å². The summed E-state index contributed by atoms with van der Waals surface area (Å²) >= 11 is 3.59. The number of nitrogens with one attached hydrogen (secondary N) is 1. The molecule has 0 spiro atoms. The lowest BCUT2D eigenvalue weighted by Gasteiger charge is -2.25. The SMILES string of the molecule is CCOc1ccc(CCC(C)(C)CCNC(C)C)cc1Br. The number of aryl methyl sites for hydroxylation is 1. The quantitative estimate of drug-likeness (QED) is 0.657. The molecule has 0 bridgehead atoms. The molecule has 3 heteroatoms. The number of halogens is 1. The predicted octanol–water partition coefficient (Wildman–Crippen LogP) is 5.19. The van der Waals surface area contributed by atoms with Gasteiger partial charge in [0.1, 0.15) is 5.75 Å². The molecule has 0 aliphatic carbocycles. The van der Waals surface area contributed by atoms with Crippen LogP contribution in [0.5, 0.6) is 5.75 Å². The van der Waals surface area contributed by atoms with Gasteiger partial charge in [-0.1, -0.05) is 33.8 Å². The Morgan fingerprint density at radius 3 is 2.52 bits per heavy atom. The van der Waals surface area contributed by atoms with Crippen LogP contribution >= 0.6 is 15.9 Å². The zero-order valence-corrected chi connectivity index (χ0v) is 15.7. The van der Waals surface area contributed by atoms with Gasteiger partial charge in [0.25, 0.3) is 0 Å². The molecule has 0 aromatic heterocycles. The molecule has 0 aliphatic heterocycles. The van der Waals surface area contributed by atoms with Crippen LogP contribution in [0.4, 0.5) is 0 Å². The highest BCUT2D eigenvalue weighted by Crippen LogP contribution is 2.30. The fourth-order valence-corrected chi connectivity index (χ4v) is 2.82. The first kappa shape index (κ1) is 18.5. The lowest BCUT2D eigenvalue weighted by molar-refractivity contribution is 0.298. The molecule has 1 rings (SSSR count). The lowest BCUT2D eigenvalue weighted by atomic mass is 9.83. The first-order valence-corrected chi connectivity index (χ1v) is 8.78. The van der Waals surface area contributed by atoms with Crippen molar-refractivity contribution in [2.75, 3.05) is 13.2 Å². The van der Waals surface area contributed by atoms with E-state index in [0.717, 1.165) is 23.2 Å². The molecule has 0 saturated heterocycles. The third-order valence-corrected chi connectivity index (χ3v) is 4.36. The molecule has 21 heavy (non-hydrogen) atoms. The van der Waals surface area contributed by atoms with Crippen LogP contribution in [0.25, 0.3) is 0 Å². The van der Waals surface area contributed by atoms with E-state index in [0.29, 0.717) is 18.1 Å². The molecule has 0 radical (unpaired) electrons. The molecule has 120 valence electrons. The van der Waals surface area contributed by atoms with Crippen molar-refractivity contribution in [3.63, 3.8) is 0 Å². The molecule has 0 saturated carbocycles. The van der Waals surface area contributed by atoms with E-state index in [9.17, 15) is 0 Å². The Kier molecular flexibility index (Phi) is 7.75. The maximum atomic E-state index is 5.56. The van der Waals surface area contributed by atoms with Crippen LogP contribution in [0.15, 0.2) is 22.7 Å². The summed E-state index contributed by atoms with van der Waals surface area (Å²) in [7, 11) is 0. The van der Waals surface area contributed by atoms with Crippen molar-refractivity contribution in [1.29, 1.82) is 0 Å².